The minimum atomic E-state index is 0.00931. The Morgan fingerprint density at radius 2 is 2.00 bits per heavy atom. The second kappa shape index (κ2) is 6.25. The maximum absolute atomic E-state index is 6.53. The molecule has 1 saturated heterocycles. The maximum Gasteiger partial charge on any atom is 0.126 e. The van der Waals surface area contributed by atoms with E-state index in [0.29, 0.717) is 5.92 Å². The van der Waals surface area contributed by atoms with E-state index in [9.17, 15) is 0 Å². The van der Waals surface area contributed by atoms with Crippen molar-refractivity contribution in [1.82, 2.24) is 0 Å². The topological polar surface area (TPSA) is 44.5 Å². The van der Waals surface area contributed by atoms with Crippen LogP contribution in [0.5, 0.6) is 5.75 Å². The monoisotopic (exact) mass is 327 g/mol. The first-order valence-corrected chi connectivity index (χ1v) is 7.52. The normalized spacial score (nSPS) is 18.4. The van der Waals surface area contributed by atoms with E-state index in [-0.39, 0.29) is 6.04 Å². The molecule has 19 heavy (non-hydrogen) atoms. The predicted octanol–water partition coefficient (Wildman–Crippen LogP) is 3.50. The molecule has 0 saturated carbocycles. The highest BCUT2D eigenvalue weighted by atomic mass is 79.9. The molecule has 1 unspecified atom stereocenters. The van der Waals surface area contributed by atoms with Gasteiger partial charge in [-0.2, -0.15) is 0 Å². The fourth-order valence-electron chi connectivity index (χ4n) is 2.86. The summed E-state index contributed by atoms with van der Waals surface area (Å²) in [7, 11) is 1.72. The van der Waals surface area contributed by atoms with Crippen molar-refractivity contribution in [2.45, 2.75) is 32.7 Å². The lowest BCUT2D eigenvalue weighted by molar-refractivity contribution is 0.0580. The van der Waals surface area contributed by atoms with Crippen molar-refractivity contribution >= 4 is 15.9 Å². The minimum absolute atomic E-state index is 0.00931. The van der Waals surface area contributed by atoms with Crippen molar-refractivity contribution in [2.75, 3.05) is 20.3 Å². The van der Waals surface area contributed by atoms with Gasteiger partial charge in [-0.3, -0.25) is 0 Å². The molecule has 1 atom stereocenters. The van der Waals surface area contributed by atoms with Crippen LogP contribution in [-0.2, 0) is 4.74 Å². The van der Waals surface area contributed by atoms with Gasteiger partial charge in [-0.05, 0) is 49.8 Å². The summed E-state index contributed by atoms with van der Waals surface area (Å²) in [5.41, 5.74) is 9.97. The molecule has 0 bridgehead atoms. The SMILES string of the molecule is COc1c(C)cc(Br)c(C)c1C(N)C1CCOCC1. The van der Waals surface area contributed by atoms with Crippen LogP contribution in [0.2, 0.25) is 0 Å². The largest absolute Gasteiger partial charge is 0.496 e. The van der Waals surface area contributed by atoms with Crippen molar-refractivity contribution in [3.63, 3.8) is 0 Å². The van der Waals surface area contributed by atoms with Gasteiger partial charge >= 0.3 is 0 Å². The number of ether oxygens (including phenoxy) is 2. The molecule has 0 spiro atoms. The second-order valence-corrected chi connectivity index (χ2v) is 6.08. The van der Waals surface area contributed by atoms with Crippen molar-refractivity contribution in [1.29, 1.82) is 0 Å². The van der Waals surface area contributed by atoms with Crippen molar-refractivity contribution in [3.8, 4) is 5.75 Å². The summed E-state index contributed by atoms with van der Waals surface area (Å²) in [6.45, 7) is 5.78. The molecule has 0 amide bonds. The van der Waals surface area contributed by atoms with Crippen LogP contribution in [0.3, 0.4) is 0 Å². The van der Waals surface area contributed by atoms with E-state index < -0.39 is 0 Å². The number of benzene rings is 1. The van der Waals surface area contributed by atoms with Crippen molar-refractivity contribution in [3.05, 3.63) is 27.2 Å². The predicted molar refractivity (Wildman–Crippen MR) is 80.6 cm³/mol. The van der Waals surface area contributed by atoms with Gasteiger partial charge in [0.1, 0.15) is 5.75 Å². The number of hydrogen-bond donors (Lipinski definition) is 1. The molecule has 0 radical (unpaired) electrons. The van der Waals surface area contributed by atoms with E-state index in [2.05, 4.69) is 35.8 Å². The lowest BCUT2D eigenvalue weighted by Crippen LogP contribution is -2.28. The maximum atomic E-state index is 6.53. The van der Waals surface area contributed by atoms with Crippen LogP contribution in [0, 0.1) is 19.8 Å². The zero-order valence-corrected chi connectivity index (χ0v) is 13.4. The average molecular weight is 328 g/mol. The quantitative estimate of drug-likeness (QED) is 0.924. The highest BCUT2D eigenvalue weighted by Crippen LogP contribution is 2.40. The lowest BCUT2D eigenvalue weighted by Gasteiger charge is -2.30. The third-order valence-electron chi connectivity index (χ3n) is 4.02. The van der Waals surface area contributed by atoms with Gasteiger partial charge in [-0.1, -0.05) is 15.9 Å². The number of rotatable bonds is 3. The van der Waals surface area contributed by atoms with E-state index in [1.54, 1.807) is 7.11 Å². The van der Waals surface area contributed by atoms with Crippen LogP contribution < -0.4 is 10.5 Å². The van der Waals surface area contributed by atoms with Gasteiger partial charge < -0.3 is 15.2 Å². The van der Waals surface area contributed by atoms with Gasteiger partial charge in [0.2, 0.25) is 0 Å². The molecule has 2 N–H and O–H groups in total. The summed E-state index contributed by atoms with van der Waals surface area (Å²) < 4.78 is 12.1. The Labute approximate surface area is 123 Å². The molecule has 0 aliphatic carbocycles. The molecule has 1 fully saturated rings. The molecule has 1 aliphatic heterocycles. The Balaban J connectivity index is 2.41. The van der Waals surface area contributed by atoms with Crippen LogP contribution in [0.15, 0.2) is 10.5 Å². The molecule has 0 aromatic heterocycles. The van der Waals surface area contributed by atoms with E-state index in [1.165, 1.54) is 5.56 Å². The zero-order valence-electron chi connectivity index (χ0n) is 11.8. The fraction of sp³-hybridized carbons (Fsp3) is 0.600. The van der Waals surface area contributed by atoms with Crippen LogP contribution in [-0.4, -0.2) is 20.3 Å². The Bertz CT molecular complexity index is 456. The van der Waals surface area contributed by atoms with Gasteiger partial charge in [0, 0.05) is 29.3 Å². The highest BCUT2D eigenvalue weighted by molar-refractivity contribution is 9.10. The molecule has 4 heteroatoms. The van der Waals surface area contributed by atoms with Crippen LogP contribution in [0.4, 0.5) is 0 Å². The van der Waals surface area contributed by atoms with Crippen LogP contribution >= 0.6 is 15.9 Å². The summed E-state index contributed by atoms with van der Waals surface area (Å²) in [6, 6.07) is 2.10. The molecule has 1 aliphatic rings. The van der Waals surface area contributed by atoms with Crippen molar-refractivity contribution in [2.24, 2.45) is 11.7 Å². The number of aryl methyl sites for hydroxylation is 1. The number of hydrogen-bond acceptors (Lipinski definition) is 3. The molecule has 2 rings (SSSR count). The number of nitrogens with two attached hydrogens (primary N) is 1. The third kappa shape index (κ3) is 2.96. The molecule has 1 aromatic rings. The molecule has 1 heterocycles. The summed E-state index contributed by atoms with van der Waals surface area (Å²) in [6.07, 6.45) is 2.05. The molecule has 1 aromatic carbocycles. The highest BCUT2D eigenvalue weighted by Gasteiger charge is 2.27. The Morgan fingerprint density at radius 1 is 1.37 bits per heavy atom. The first kappa shape index (κ1) is 14.8. The van der Waals surface area contributed by atoms with Gasteiger partial charge in [0.25, 0.3) is 0 Å². The Hall–Kier alpha value is -0.580. The zero-order chi connectivity index (χ0) is 14.0. The molecule has 106 valence electrons. The molecular formula is C15H22BrNO2. The van der Waals surface area contributed by atoms with E-state index >= 15 is 0 Å². The average Bonchev–Trinajstić information content (AvgIpc) is 2.42. The number of methoxy groups -OCH3 is 1. The summed E-state index contributed by atoms with van der Waals surface area (Å²) >= 11 is 3.62. The van der Waals surface area contributed by atoms with Gasteiger partial charge in [0.05, 0.1) is 7.11 Å². The van der Waals surface area contributed by atoms with Crippen LogP contribution in [0.25, 0.3) is 0 Å². The smallest absolute Gasteiger partial charge is 0.126 e. The van der Waals surface area contributed by atoms with E-state index in [1.807, 2.05) is 0 Å². The summed E-state index contributed by atoms with van der Waals surface area (Å²) in [4.78, 5) is 0. The van der Waals surface area contributed by atoms with Gasteiger partial charge in [-0.15, -0.1) is 0 Å². The Morgan fingerprint density at radius 3 is 2.58 bits per heavy atom. The van der Waals surface area contributed by atoms with Gasteiger partial charge in [0.15, 0.2) is 0 Å². The number of halogens is 1. The fourth-order valence-corrected chi connectivity index (χ4v) is 3.42. The lowest BCUT2D eigenvalue weighted by atomic mass is 9.84. The minimum Gasteiger partial charge on any atom is -0.496 e. The standard InChI is InChI=1S/C15H22BrNO2/c1-9-8-12(16)10(2)13(15(9)18-3)14(17)11-4-6-19-7-5-11/h8,11,14H,4-7,17H2,1-3H3. The second-order valence-electron chi connectivity index (χ2n) is 5.22. The van der Waals surface area contributed by atoms with E-state index in [0.717, 1.165) is 47.4 Å². The first-order valence-electron chi connectivity index (χ1n) is 6.73. The molecular weight excluding hydrogens is 306 g/mol. The summed E-state index contributed by atoms with van der Waals surface area (Å²) in [5, 5.41) is 0. The Kier molecular flexibility index (Phi) is 4.87. The van der Waals surface area contributed by atoms with Gasteiger partial charge in [-0.25, -0.2) is 0 Å². The van der Waals surface area contributed by atoms with Crippen LogP contribution in [0.1, 0.15) is 35.6 Å². The molecule has 3 nitrogen and oxygen atoms in total. The van der Waals surface area contributed by atoms with E-state index in [4.69, 9.17) is 15.2 Å². The van der Waals surface area contributed by atoms with Crippen molar-refractivity contribution < 1.29 is 9.47 Å². The third-order valence-corrected chi connectivity index (χ3v) is 4.84. The summed E-state index contributed by atoms with van der Waals surface area (Å²) in [5.74, 6) is 1.40. The first-order chi connectivity index (χ1) is 9.06.